The summed E-state index contributed by atoms with van der Waals surface area (Å²) < 4.78 is 10.0. The van der Waals surface area contributed by atoms with Crippen molar-refractivity contribution in [1.82, 2.24) is 0 Å². The van der Waals surface area contributed by atoms with Gasteiger partial charge < -0.3 is 25.4 Å². The van der Waals surface area contributed by atoms with Gasteiger partial charge in [0, 0.05) is 12.6 Å². The van der Waals surface area contributed by atoms with Crippen molar-refractivity contribution in [1.29, 1.82) is 0 Å². The maximum Gasteiger partial charge on any atom is 0.200 e. The molecule has 17 heavy (non-hydrogen) atoms. The van der Waals surface area contributed by atoms with Crippen molar-refractivity contribution in [3.05, 3.63) is 17.7 Å². The summed E-state index contributed by atoms with van der Waals surface area (Å²) >= 11 is 0. The second-order valence-corrected chi connectivity index (χ2v) is 3.39. The van der Waals surface area contributed by atoms with Gasteiger partial charge in [0.25, 0.3) is 0 Å². The van der Waals surface area contributed by atoms with E-state index in [0.717, 1.165) is 5.56 Å². The Morgan fingerprint density at radius 2 is 1.71 bits per heavy atom. The first-order valence-corrected chi connectivity index (χ1v) is 4.95. The van der Waals surface area contributed by atoms with Crippen LogP contribution in [0.15, 0.2) is 12.1 Å². The Bertz CT molecular complexity index is 334. The van der Waals surface area contributed by atoms with E-state index in [1.807, 2.05) is 0 Å². The number of hydrogen-bond donors (Lipinski definition) is 3. The molecule has 1 aromatic rings. The Kier molecular flexibility index (Phi) is 6.72. The fourth-order valence-electron chi connectivity index (χ4n) is 1.43. The minimum atomic E-state index is -0.312. The predicted molar refractivity (Wildman–Crippen MR) is 67.1 cm³/mol. The van der Waals surface area contributed by atoms with Crippen LogP contribution in [0.4, 0.5) is 0 Å². The summed E-state index contributed by atoms with van der Waals surface area (Å²) in [5.41, 5.74) is 6.60. The van der Waals surface area contributed by atoms with Crippen molar-refractivity contribution in [2.45, 2.75) is 12.5 Å². The van der Waals surface area contributed by atoms with Gasteiger partial charge in [-0.2, -0.15) is 0 Å². The van der Waals surface area contributed by atoms with E-state index in [1.165, 1.54) is 14.2 Å². The Balaban J connectivity index is 0.00000256. The third-order valence-corrected chi connectivity index (χ3v) is 2.37. The lowest BCUT2D eigenvalue weighted by atomic mass is 10.0. The molecule has 1 aromatic carbocycles. The summed E-state index contributed by atoms with van der Waals surface area (Å²) in [5, 5.41) is 18.5. The van der Waals surface area contributed by atoms with Crippen LogP contribution in [0.3, 0.4) is 0 Å². The molecule has 0 aliphatic rings. The molecule has 0 heterocycles. The molecule has 0 radical (unpaired) electrons. The van der Waals surface area contributed by atoms with Crippen molar-refractivity contribution < 1.29 is 19.7 Å². The Labute approximate surface area is 107 Å². The van der Waals surface area contributed by atoms with E-state index in [0.29, 0.717) is 17.9 Å². The minimum absolute atomic E-state index is 0. The van der Waals surface area contributed by atoms with E-state index in [1.54, 1.807) is 12.1 Å². The molecule has 6 heteroatoms. The van der Waals surface area contributed by atoms with Crippen molar-refractivity contribution >= 4 is 12.4 Å². The number of rotatable bonds is 5. The Morgan fingerprint density at radius 1 is 1.24 bits per heavy atom. The summed E-state index contributed by atoms with van der Waals surface area (Å²) in [5.74, 6) is 0.565. The average molecular weight is 264 g/mol. The van der Waals surface area contributed by atoms with Crippen LogP contribution in [0, 0.1) is 0 Å². The van der Waals surface area contributed by atoms with E-state index >= 15 is 0 Å². The number of aromatic hydroxyl groups is 1. The van der Waals surface area contributed by atoms with E-state index in [-0.39, 0.29) is 30.8 Å². The molecule has 0 aromatic heterocycles. The monoisotopic (exact) mass is 263 g/mol. The molecule has 5 nitrogen and oxygen atoms in total. The standard InChI is InChI=1S/C11H17NO4.ClH/c1-15-9-5-7(8(12)3-4-13)6-10(16-2)11(9)14;/h5-6,8,13-14H,3-4,12H2,1-2H3;1H/t8-;/m0./s1. The number of benzene rings is 1. The SMILES string of the molecule is COc1cc([C@@H](N)CCO)cc(OC)c1O.Cl. The van der Waals surface area contributed by atoms with Crippen LogP contribution in [0.2, 0.25) is 0 Å². The number of halogens is 1. The molecule has 0 fully saturated rings. The van der Waals surface area contributed by atoms with Gasteiger partial charge in [0.05, 0.1) is 14.2 Å². The second-order valence-electron chi connectivity index (χ2n) is 3.39. The lowest BCUT2D eigenvalue weighted by Gasteiger charge is -2.15. The first kappa shape index (κ1) is 15.8. The van der Waals surface area contributed by atoms with Gasteiger partial charge in [-0.05, 0) is 24.1 Å². The number of hydrogen-bond acceptors (Lipinski definition) is 5. The zero-order chi connectivity index (χ0) is 12.1. The van der Waals surface area contributed by atoms with Gasteiger partial charge in [-0.15, -0.1) is 12.4 Å². The fourth-order valence-corrected chi connectivity index (χ4v) is 1.43. The van der Waals surface area contributed by atoms with Crippen LogP contribution in [0.1, 0.15) is 18.0 Å². The van der Waals surface area contributed by atoms with Gasteiger partial charge in [0.15, 0.2) is 11.5 Å². The van der Waals surface area contributed by atoms with Crippen molar-refractivity contribution in [2.24, 2.45) is 5.73 Å². The molecule has 4 N–H and O–H groups in total. The largest absolute Gasteiger partial charge is 0.502 e. The van der Waals surface area contributed by atoms with Crippen LogP contribution in [0.25, 0.3) is 0 Å². The molecule has 0 aliphatic heterocycles. The highest BCUT2D eigenvalue weighted by Crippen LogP contribution is 2.38. The molecule has 0 spiro atoms. The Hall–Kier alpha value is -1.17. The van der Waals surface area contributed by atoms with E-state index < -0.39 is 0 Å². The van der Waals surface area contributed by atoms with Crippen molar-refractivity contribution in [3.8, 4) is 17.2 Å². The molecular formula is C11H18ClNO4. The third-order valence-electron chi connectivity index (χ3n) is 2.37. The summed E-state index contributed by atoms with van der Waals surface area (Å²) in [6, 6.07) is 2.96. The molecule has 1 rings (SSSR count). The molecule has 0 saturated carbocycles. The van der Waals surface area contributed by atoms with Gasteiger partial charge in [-0.3, -0.25) is 0 Å². The van der Waals surface area contributed by atoms with E-state index in [2.05, 4.69) is 0 Å². The molecule has 0 unspecified atom stereocenters. The van der Waals surface area contributed by atoms with Gasteiger partial charge in [-0.1, -0.05) is 0 Å². The summed E-state index contributed by atoms with van der Waals surface area (Å²) in [7, 11) is 2.91. The van der Waals surface area contributed by atoms with Crippen LogP contribution < -0.4 is 15.2 Å². The molecule has 0 bridgehead atoms. The van der Waals surface area contributed by atoms with Gasteiger partial charge in [0.2, 0.25) is 5.75 Å². The maximum absolute atomic E-state index is 9.68. The number of nitrogens with two attached hydrogens (primary N) is 1. The molecule has 98 valence electrons. The Morgan fingerprint density at radius 3 is 2.06 bits per heavy atom. The number of aliphatic hydroxyl groups excluding tert-OH is 1. The number of methoxy groups -OCH3 is 2. The molecule has 0 amide bonds. The highest BCUT2D eigenvalue weighted by Gasteiger charge is 2.14. The number of aliphatic hydroxyl groups is 1. The van der Waals surface area contributed by atoms with E-state index in [4.69, 9.17) is 20.3 Å². The highest BCUT2D eigenvalue weighted by molar-refractivity contribution is 5.85. The predicted octanol–water partition coefficient (Wildman–Crippen LogP) is 1.21. The molecule has 0 aliphatic carbocycles. The minimum Gasteiger partial charge on any atom is -0.502 e. The molecule has 1 atom stereocenters. The number of phenols is 1. The lowest BCUT2D eigenvalue weighted by Crippen LogP contribution is -2.12. The van der Waals surface area contributed by atoms with Crippen LogP contribution in [0.5, 0.6) is 17.2 Å². The third kappa shape index (κ3) is 3.66. The zero-order valence-electron chi connectivity index (χ0n) is 9.84. The number of phenolic OH excluding ortho intramolecular Hbond substituents is 1. The highest BCUT2D eigenvalue weighted by atomic mass is 35.5. The number of ether oxygens (including phenoxy) is 2. The first-order chi connectivity index (χ1) is 7.63. The summed E-state index contributed by atoms with van der Waals surface area (Å²) in [6.45, 7) is 0.00662. The fraction of sp³-hybridized carbons (Fsp3) is 0.455. The lowest BCUT2D eigenvalue weighted by molar-refractivity contribution is 0.276. The van der Waals surface area contributed by atoms with Gasteiger partial charge in [-0.25, -0.2) is 0 Å². The average Bonchev–Trinajstić information content (AvgIpc) is 2.29. The smallest absolute Gasteiger partial charge is 0.200 e. The van der Waals surface area contributed by atoms with E-state index in [9.17, 15) is 5.11 Å². The quantitative estimate of drug-likeness (QED) is 0.744. The topological polar surface area (TPSA) is 84.9 Å². The summed E-state index contributed by atoms with van der Waals surface area (Å²) in [4.78, 5) is 0. The zero-order valence-corrected chi connectivity index (χ0v) is 10.7. The van der Waals surface area contributed by atoms with Crippen molar-refractivity contribution in [2.75, 3.05) is 20.8 Å². The van der Waals surface area contributed by atoms with Crippen molar-refractivity contribution in [3.63, 3.8) is 0 Å². The van der Waals surface area contributed by atoms with Crippen LogP contribution in [-0.4, -0.2) is 31.0 Å². The second kappa shape index (κ2) is 7.21. The van der Waals surface area contributed by atoms with Gasteiger partial charge >= 0.3 is 0 Å². The summed E-state index contributed by atoms with van der Waals surface area (Å²) in [6.07, 6.45) is 0.442. The molecular weight excluding hydrogens is 246 g/mol. The normalized spacial score (nSPS) is 11.5. The van der Waals surface area contributed by atoms with Crippen LogP contribution in [-0.2, 0) is 0 Å². The van der Waals surface area contributed by atoms with Gasteiger partial charge in [0.1, 0.15) is 0 Å². The molecule has 0 saturated heterocycles. The first-order valence-electron chi connectivity index (χ1n) is 4.95. The maximum atomic E-state index is 9.68. The van der Waals surface area contributed by atoms with Crippen LogP contribution >= 0.6 is 12.4 Å².